The molecule has 6 aromatic carbocycles. The second-order valence-corrected chi connectivity index (χ2v) is 9.20. The zero-order valence-electron chi connectivity index (χ0n) is 19.1. The Bertz CT molecular complexity index is 1720. The lowest BCUT2D eigenvalue weighted by Crippen LogP contribution is -2.19. The Morgan fingerprint density at radius 2 is 1.37 bits per heavy atom. The zero-order valence-corrected chi connectivity index (χ0v) is 19.1. The van der Waals surface area contributed by atoms with Gasteiger partial charge in [-0.15, -0.1) is 0 Å². The van der Waals surface area contributed by atoms with E-state index in [0.29, 0.717) is 5.56 Å². The highest BCUT2D eigenvalue weighted by molar-refractivity contribution is 6.23. The van der Waals surface area contributed by atoms with E-state index in [1.165, 1.54) is 37.9 Å². The van der Waals surface area contributed by atoms with Gasteiger partial charge in [-0.05, 0) is 67.7 Å². The summed E-state index contributed by atoms with van der Waals surface area (Å²) in [6.45, 7) is 0. The first-order valence-corrected chi connectivity index (χ1v) is 11.9. The van der Waals surface area contributed by atoms with E-state index in [9.17, 15) is 4.79 Å². The zero-order chi connectivity index (χ0) is 23.4. The SMILES string of the molecule is O=Cc1ccc(N2N=C(c3ccccc3)CC2c2ccc3ccc4cccc5ccc2c3c45)cc1. The molecule has 0 bridgehead atoms. The van der Waals surface area contributed by atoms with Gasteiger partial charge in [-0.2, -0.15) is 5.10 Å². The van der Waals surface area contributed by atoms with Gasteiger partial charge in [-0.1, -0.05) is 84.9 Å². The molecule has 1 aliphatic rings. The van der Waals surface area contributed by atoms with Crippen molar-refractivity contribution in [1.29, 1.82) is 0 Å². The number of hydrazone groups is 1. The molecule has 3 heteroatoms. The summed E-state index contributed by atoms with van der Waals surface area (Å²) < 4.78 is 0. The minimum absolute atomic E-state index is 0.0526. The Morgan fingerprint density at radius 1 is 0.686 bits per heavy atom. The lowest BCUT2D eigenvalue weighted by atomic mass is 9.88. The third-order valence-electron chi connectivity index (χ3n) is 7.23. The fraction of sp³-hybridized carbons (Fsp3) is 0.0625. The summed E-state index contributed by atoms with van der Waals surface area (Å²) in [5, 5.41) is 15.0. The topological polar surface area (TPSA) is 32.7 Å². The Balaban J connectivity index is 1.44. The molecule has 0 aliphatic carbocycles. The highest BCUT2D eigenvalue weighted by Crippen LogP contribution is 2.43. The Kier molecular flexibility index (Phi) is 4.43. The summed E-state index contributed by atoms with van der Waals surface area (Å²) in [7, 11) is 0. The summed E-state index contributed by atoms with van der Waals surface area (Å²) in [5.74, 6) is 0. The lowest BCUT2D eigenvalue weighted by Gasteiger charge is -2.26. The summed E-state index contributed by atoms with van der Waals surface area (Å²) in [5.41, 5.74) is 5.13. The number of carbonyl (C=O) groups excluding carboxylic acids is 1. The van der Waals surface area contributed by atoms with Gasteiger partial charge in [0.2, 0.25) is 0 Å². The third kappa shape index (κ3) is 3.12. The van der Waals surface area contributed by atoms with Crippen molar-refractivity contribution in [3.05, 3.63) is 126 Å². The minimum Gasteiger partial charge on any atom is -0.298 e. The van der Waals surface area contributed by atoms with Crippen molar-refractivity contribution < 1.29 is 4.79 Å². The second-order valence-electron chi connectivity index (χ2n) is 9.20. The van der Waals surface area contributed by atoms with E-state index in [-0.39, 0.29) is 6.04 Å². The maximum atomic E-state index is 11.2. The van der Waals surface area contributed by atoms with Crippen LogP contribution in [0.5, 0.6) is 0 Å². The van der Waals surface area contributed by atoms with Crippen LogP contribution in [0.1, 0.15) is 33.9 Å². The van der Waals surface area contributed by atoms with Crippen molar-refractivity contribution in [3.63, 3.8) is 0 Å². The van der Waals surface area contributed by atoms with Crippen LogP contribution in [-0.4, -0.2) is 12.0 Å². The molecule has 1 unspecified atom stereocenters. The molecule has 0 amide bonds. The first-order valence-electron chi connectivity index (χ1n) is 11.9. The standard InChI is InChI=1S/C32H22N2O/c35-20-21-9-15-26(16-10-21)34-30(19-29(33-34)22-5-2-1-3-6-22)27-17-13-25-12-11-23-7-4-8-24-14-18-28(27)32(25)31(23)24/h1-18,20,30H,19H2. The molecule has 166 valence electrons. The molecule has 1 heterocycles. The van der Waals surface area contributed by atoms with E-state index in [2.05, 4.69) is 83.9 Å². The summed E-state index contributed by atoms with van der Waals surface area (Å²) in [6, 6.07) is 38.1. The molecular weight excluding hydrogens is 428 g/mol. The van der Waals surface area contributed by atoms with E-state index in [1.807, 2.05) is 30.3 Å². The number of hydrogen-bond donors (Lipinski definition) is 0. The van der Waals surface area contributed by atoms with Crippen LogP contribution in [-0.2, 0) is 0 Å². The van der Waals surface area contributed by atoms with Crippen LogP contribution in [0.15, 0.2) is 114 Å². The average molecular weight is 451 g/mol. The van der Waals surface area contributed by atoms with Crippen LogP contribution < -0.4 is 5.01 Å². The van der Waals surface area contributed by atoms with Gasteiger partial charge in [0.25, 0.3) is 0 Å². The van der Waals surface area contributed by atoms with Crippen molar-refractivity contribution in [2.24, 2.45) is 5.10 Å². The van der Waals surface area contributed by atoms with Crippen LogP contribution in [0.2, 0.25) is 0 Å². The number of hydrogen-bond acceptors (Lipinski definition) is 3. The summed E-state index contributed by atoms with van der Waals surface area (Å²) in [6.07, 6.45) is 1.69. The number of benzene rings is 6. The van der Waals surface area contributed by atoms with E-state index < -0.39 is 0 Å². The Hall–Kier alpha value is -4.50. The Labute approximate surface area is 203 Å². The predicted molar refractivity (Wildman–Crippen MR) is 145 cm³/mol. The molecule has 35 heavy (non-hydrogen) atoms. The summed E-state index contributed by atoms with van der Waals surface area (Å²) in [4.78, 5) is 11.2. The fourth-order valence-electron chi connectivity index (χ4n) is 5.55. The van der Waals surface area contributed by atoms with Gasteiger partial charge in [0.05, 0.1) is 17.4 Å². The van der Waals surface area contributed by atoms with Crippen LogP contribution in [0.4, 0.5) is 5.69 Å². The number of anilines is 1. The van der Waals surface area contributed by atoms with Gasteiger partial charge in [0.15, 0.2) is 0 Å². The molecule has 1 atom stereocenters. The number of aldehydes is 1. The summed E-state index contributed by atoms with van der Waals surface area (Å²) >= 11 is 0. The van der Waals surface area contributed by atoms with Crippen LogP contribution in [0, 0.1) is 0 Å². The van der Waals surface area contributed by atoms with Crippen molar-refractivity contribution in [2.45, 2.75) is 12.5 Å². The molecule has 7 rings (SSSR count). The van der Waals surface area contributed by atoms with Crippen LogP contribution >= 0.6 is 0 Å². The van der Waals surface area contributed by atoms with Crippen molar-refractivity contribution in [3.8, 4) is 0 Å². The molecule has 0 saturated carbocycles. The molecule has 0 fully saturated rings. The normalized spacial score (nSPS) is 15.8. The molecular formula is C32H22N2O. The van der Waals surface area contributed by atoms with Crippen LogP contribution in [0.3, 0.4) is 0 Å². The average Bonchev–Trinajstić information content (AvgIpc) is 3.37. The molecule has 0 aromatic heterocycles. The third-order valence-corrected chi connectivity index (χ3v) is 7.23. The predicted octanol–water partition coefficient (Wildman–Crippen LogP) is 7.75. The van der Waals surface area contributed by atoms with Gasteiger partial charge in [0, 0.05) is 12.0 Å². The lowest BCUT2D eigenvalue weighted by molar-refractivity contribution is 0.112. The van der Waals surface area contributed by atoms with E-state index >= 15 is 0 Å². The van der Waals surface area contributed by atoms with Gasteiger partial charge in [-0.3, -0.25) is 9.80 Å². The second kappa shape index (κ2) is 7.78. The molecule has 0 radical (unpaired) electrons. The smallest absolute Gasteiger partial charge is 0.150 e. The van der Waals surface area contributed by atoms with E-state index in [4.69, 9.17) is 5.10 Å². The maximum Gasteiger partial charge on any atom is 0.150 e. The van der Waals surface area contributed by atoms with Gasteiger partial charge in [-0.25, -0.2) is 0 Å². The van der Waals surface area contributed by atoms with E-state index in [1.54, 1.807) is 0 Å². The minimum atomic E-state index is 0.0526. The fourth-order valence-corrected chi connectivity index (χ4v) is 5.55. The molecule has 3 nitrogen and oxygen atoms in total. The molecule has 0 spiro atoms. The first kappa shape index (κ1) is 19.9. The monoisotopic (exact) mass is 450 g/mol. The van der Waals surface area contributed by atoms with Crippen molar-refractivity contribution >= 4 is 50.0 Å². The highest BCUT2D eigenvalue weighted by Gasteiger charge is 2.31. The van der Waals surface area contributed by atoms with E-state index in [0.717, 1.165) is 29.7 Å². The molecule has 1 aliphatic heterocycles. The van der Waals surface area contributed by atoms with Crippen molar-refractivity contribution in [2.75, 3.05) is 5.01 Å². The van der Waals surface area contributed by atoms with Gasteiger partial charge < -0.3 is 0 Å². The quantitative estimate of drug-likeness (QED) is 0.203. The maximum absolute atomic E-state index is 11.2. The highest BCUT2D eigenvalue weighted by atomic mass is 16.1. The van der Waals surface area contributed by atoms with Crippen LogP contribution in [0.25, 0.3) is 32.3 Å². The van der Waals surface area contributed by atoms with Crippen molar-refractivity contribution in [1.82, 2.24) is 0 Å². The Morgan fingerprint density at radius 3 is 2.11 bits per heavy atom. The first-order chi connectivity index (χ1) is 17.3. The molecule has 0 saturated heterocycles. The number of nitrogens with zero attached hydrogens (tertiary/aromatic N) is 2. The molecule has 0 N–H and O–H groups in total. The largest absolute Gasteiger partial charge is 0.298 e. The van der Waals surface area contributed by atoms with Gasteiger partial charge >= 0.3 is 0 Å². The van der Waals surface area contributed by atoms with Gasteiger partial charge in [0.1, 0.15) is 6.29 Å². The number of rotatable bonds is 4. The number of carbonyl (C=O) groups is 1. The molecule has 6 aromatic rings.